The average Bonchev–Trinajstić information content (AvgIpc) is 3.04. The zero-order valence-electron chi connectivity index (χ0n) is 13.4. The Kier molecular flexibility index (Phi) is 3.89. The van der Waals surface area contributed by atoms with Gasteiger partial charge in [-0.25, -0.2) is 0 Å². The molecule has 0 amide bonds. The number of nitrogens with zero attached hydrogens (tertiary/aromatic N) is 4. The van der Waals surface area contributed by atoms with E-state index in [1.165, 1.54) is 11.4 Å². The highest BCUT2D eigenvalue weighted by Gasteiger charge is 2.17. The Morgan fingerprint density at radius 3 is 2.58 bits per heavy atom. The summed E-state index contributed by atoms with van der Waals surface area (Å²) in [6.45, 7) is 5.06. The van der Waals surface area contributed by atoms with Gasteiger partial charge in [0.25, 0.3) is 0 Å². The normalized spacial score (nSPS) is 15.5. The molecule has 0 unspecified atom stereocenters. The van der Waals surface area contributed by atoms with E-state index in [9.17, 15) is 0 Å². The molecule has 5 heteroatoms. The molecule has 2 aromatic heterocycles. The largest absolute Gasteiger partial charge is 0.369 e. The van der Waals surface area contributed by atoms with Crippen molar-refractivity contribution in [2.45, 2.75) is 6.54 Å². The summed E-state index contributed by atoms with van der Waals surface area (Å²) in [5, 5.41) is 10.1. The van der Waals surface area contributed by atoms with Gasteiger partial charge in [-0.05, 0) is 36.4 Å². The molecule has 3 aromatic rings. The van der Waals surface area contributed by atoms with Gasteiger partial charge in [-0.3, -0.25) is 9.88 Å². The van der Waals surface area contributed by atoms with Crippen molar-refractivity contribution in [3.05, 3.63) is 60.0 Å². The van der Waals surface area contributed by atoms with Crippen LogP contribution in [0.4, 0.5) is 5.69 Å². The lowest BCUT2D eigenvalue weighted by atomic mass is 10.2. The molecule has 0 atom stereocenters. The van der Waals surface area contributed by atoms with E-state index < -0.39 is 0 Å². The molecule has 0 bridgehead atoms. The third kappa shape index (κ3) is 2.97. The lowest BCUT2D eigenvalue weighted by molar-refractivity contribution is 0.247. The second kappa shape index (κ2) is 6.34. The zero-order chi connectivity index (χ0) is 16.4. The predicted molar refractivity (Wildman–Crippen MR) is 94.7 cm³/mol. The molecule has 4 rings (SSSR count). The molecule has 0 radical (unpaired) electrons. The van der Waals surface area contributed by atoms with Crippen molar-refractivity contribution in [3.8, 4) is 6.07 Å². The van der Waals surface area contributed by atoms with Crippen LogP contribution in [-0.4, -0.2) is 41.0 Å². The van der Waals surface area contributed by atoms with E-state index in [1.807, 2.05) is 30.6 Å². The molecule has 1 aromatic carbocycles. The Balaban J connectivity index is 1.41. The molecule has 0 spiro atoms. The molecule has 0 aliphatic carbocycles. The third-order valence-electron chi connectivity index (χ3n) is 4.60. The van der Waals surface area contributed by atoms with Crippen LogP contribution >= 0.6 is 0 Å². The molecule has 24 heavy (non-hydrogen) atoms. The first kappa shape index (κ1) is 14.7. The molecule has 1 aliphatic rings. The minimum atomic E-state index is 0.707. The first-order chi connectivity index (χ1) is 11.8. The number of fused-ring (bicyclic) bond motifs is 1. The van der Waals surface area contributed by atoms with Crippen LogP contribution in [-0.2, 0) is 6.54 Å². The van der Waals surface area contributed by atoms with Gasteiger partial charge in [0.2, 0.25) is 0 Å². The average molecular weight is 317 g/mol. The van der Waals surface area contributed by atoms with E-state index in [4.69, 9.17) is 5.26 Å². The summed E-state index contributed by atoms with van der Waals surface area (Å²) in [4.78, 5) is 12.4. The van der Waals surface area contributed by atoms with Crippen LogP contribution in [0.25, 0.3) is 10.9 Å². The van der Waals surface area contributed by atoms with Gasteiger partial charge in [0, 0.05) is 67.4 Å². The predicted octanol–water partition coefficient (Wildman–Crippen LogP) is 2.76. The summed E-state index contributed by atoms with van der Waals surface area (Å²) in [7, 11) is 0. The summed E-state index contributed by atoms with van der Waals surface area (Å²) >= 11 is 0. The van der Waals surface area contributed by atoms with Crippen molar-refractivity contribution in [1.82, 2.24) is 14.9 Å². The van der Waals surface area contributed by atoms with Crippen molar-refractivity contribution < 1.29 is 0 Å². The highest BCUT2D eigenvalue weighted by atomic mass is 15.3. The number of pyridine rings is 1. The summed E-state index contributed by atoms with van der Waals surface area (Å²) < 4.78 is 0. The van der Waals surface area contributed by atoms with Crippen LogP contribution in [0.15, 0.2) is 48.8 Å². The fraction of sp³-hybridized carbons (Fsp3) is 0.263. The van der Waals surface area contributed by atoms with Crippen LogP contribution in [0.5, 0.6) is 0 Å². The van der Waals surface area contributed by atoms with Gasteiger partial charge in [-0.1, -0.05) is 0 Å². The summed E-state index contributed by atoms with van der Waals surface area (Å²) in [6, 6.07) is 14.3. The number of nitriles is 1. The Hall–Kier alpha value is -2.84. The minimum Gasteiger partial charge on any atom is -0.369 e. The molecular formula is C19H19N5. The molecule has 0 saturated carbocycles. The molecule has 1 fully saturated rings. The second-order valence-corrected chi connectivity index (χ2v) is 6.18. The maximum Gasteiger partial charge on any atom is 0.0991 e. The number of piperazine rings is 1. The number of hydrogen-bond acceptors (Lipinski definition) is 4. The van der Waals surface area contributed by atoms with E-state index in [-0.39, 0.29) is 0 Å². The van der Waals surface area contributed by atoms with Gasteiger partial charge >= 0.3 is 0 Å². The topological polar surface area (TPSA) is 59.0 Å². The Morgan fingerprint density at radius 1 is 1.04 bits per heavy atom. The number of nitrogens with one attached hydrogen (secondary N) is 1. The number of aromatic amines is 1. The maximum absolute atomic E-state index is 9.01. The van der Waals surface area contributed by atoms with Crippen molar-refractivity contribution in [2.75, 3.05) is 31.1 Å². The molecule has 1 N–H and O–H groups in total. The quantitative estimate of drug-likeness (QED) is 0.807. The van der Waals surface area contributed by atoms with Crippen molar-refractivity contribution in [3.63, 3.8) is 0 Å². The minimum absolute atomic E-state index is 0.707. The number of H-pyrrole nitrogens is 1. The van der Waals surface area contributed by atoms with Crippen molar-refractivity contribution in [2.24, 2.45) is 0 Å². The molecule has 5 nitrogen and oxygen atoms in total. The maximum atomic E-state index is 9.01. The van der Waals surface area contributed by atoms with E-state index in [2.05, 4.69) is 44.0 Å². The van der Waals surface area contributed by atoms with Gasteiger partial charge in [-0.2, -0.15) is 5.26 Å². The fourth-order valence-electron chi connectivity index (χ4n) is 3.31. The van der Waals surface area contributed by atoms with E-state index in [0.717, 1.165) is 43.6 Å². The van der Waals surface area contributed by atoms with Gasteiger partial charge < -0.3 is 9.88 Å². The van der Waals surface area contributed by atoms with Gasteiger partial charge in [0.1, 0.15) is 0 Å². The number of hydrogen-bond donors (Lipinski definition) is 1. The third-order valence-corrected chi connectivity index (χ3v) is 4.60. The summed E-state index contributed by atoms with van der Waals surface area (Å²) in [6.07, 6.45) is 3.70. The Morgan fingerprint density at radius 2 is 1.83 bits per heavy atom. The highest BCUT2D eigenvalue weighted by molar-refractivity contribution is 5.81. The molecule has 1 aliphatic heterocycles. The Bertz CT molecular complexity index is 870. The van der Waals surface area contributed by atoms with Gasteiger partial charge in [0.05, 0.1) is 11.6 Å². The SMILES string of the molecule is N#Cc1ccc2[nH]c(CN3CCN(c4ccncc4)CC3)cc2c1. The summed E-state index contributed by atoms with van der Waals surface area (Å²) in [5.41, 5.74) is 4.26. The first-order valence-corrected chi connectivity index (χ1v) is 8.21. The molecule has 120 valence electrons. The Labute approximate surface area is 141 Å². The van der Waals surface area contributed by atoms with Gasteiger partial charge in [-0.15, -0.1) is 0 Å². The highest BCUT2D eigenvalue weighted by Crippen LogP contribution is 2.20. The smallest absolute Gasteiger partial charge is 0.0991 e. The summed E-state index contributed by atoms with van der Waals surface area (Å²) in [5.74, 6) is 0. The monoisotopic (exact) mass is 317 g/mol. The standard InChI is InChI=1S/C19H19N5/c20-13-15-1-2-19-16(11-15)12-17(22-19)14-23-7-9-24(10-8-23)18-3-5-21-6-4-18/h1-6,11-12,22H,7-10,14H2. The molecule has 3 heterocycles. The fourth-order valence-corrected chi connectivity index (χ4v) is 3.31. The number of benzene rings is 1. The first-order valence-electron chi connectivity index (χ1n) is 8.21. The van der Waals surface area contributed by atoms with Gasteiger partial charge in [0.15, 0.2) is 0 Å². The zero-order valence-corrected chi connectivity index (χ0v) is 13.4. The van der Waals surface area contributed by atoms with Crippen LogP contribution in [0.3, 0.4) is 0 Å². The van der Waals surface area contributed by atoms with E-state index in [1.54, 1.807) is 0 Å². The number of aromatic nitrogens is 2. The molecular weight excluding hydrogens is 298 g/mol. The molecule has 1 saturated heterocycles. The number of anilines is 1. The van der Waals surface area contributed by atoms with Crippen LogP contribution in [0, 0.1) is 11.3 Å². The van der Waals surface area contributed by atoms with Crippen LogP contribution < -0.4 is 4.90 Å². The lowest BCUT2D eigenvalue weighted by Gasteiger charge is -2.35. The van der Waals surface area contributed by atoms with E-state index in [0.29, 0.717) is 5.56 Å². The van der Waals surface area contributed by atoms with Crippen molar-refractivity contribution in [1.29, 1.82) is 5.26 Å². The van der Waals surface area contributed by atoms with E-state index >= 15 is 0 Å². The van der Waals surface area contributed by atoms with Crippen molar-refractivity contribution >= 4 is 16.6 Å². The lowest BCUT2D eigenvalue weighted by Crippen LogP contribution is -2.46. The van der Waals surface area contributed by atoms with Crippen LogP contribution in [0.2, 0.25) is 0 Å². The number of rotatable bonds is 3. The van der Waals surface area contributed by atoms with Crippen LogP contribution in [0.1, 0.15) is 11.3 Å². The second-order valence-electron chi connectivity index (χ2n) is 6.18.